The van der Waals surface area contributed by atoms with E-state index in [2.05, 4.69) is 26.6 Å². The summed E-state index contributed by atoms with van der Waals surface area (Å²) in [6, 6.07) is 1.70. The maximum absolute atomic E-state index is 13.0. The second-order valence-electron chi connectivity index (χ2n) is 3.63. The van der Waals surface area contributed by atoms with Crippen molar-refractivity contribution in [3.63, 3.8) is 0 Å². The molecule has 2 amide bonds. The van der Waals surface area contributed by atoms with Crippen molar-refractivity contribution in [1.29, 1.82) is 0 Å². The number of amides is 2. The standard InChI is InChI=1S/C11H12BrFN2O4/c12-7-2-1-6(13)5-9(7)15-11(19)14-8(3-4-16)10(17)18/h1-2,5,8,16H,3-4H2,(H,17,18)(H2,14,15,19)/t8-/m0/s1. The van der Waals surface area contributed by atoms with E-state index in [0.717, 1.165) is 6.07 Å². The number of anilines is 1. The largest absolute Gasteiger partial charge is 0.480 e. The number of urea groups is 1. The molecular weight excluding hydrogens is 323 g/mol. The van der Waals surface area contributed by atoms with Gasteiger partial charge in [0, 0.05) is 17.5 Å². The van der Waals surface area contributed by atoms with Crippen LogP contribution in [0.2, 0.25) is 0 Å². The molecule has 8 heteroatoms. The van der Waals surface area contributed by atoms with Crippen molar-refractivity contribution >= 4 is 33.6 Å². The van der Waals surface area contributed by atoms with Crippen LogP contribution in [0.1, 0.15) is 6.42 Å². The van der Waals surface area contributed by atoms with E-state index in [1.165, 1.54) is 12.1 Å². The van der Waals surface area contributed by atoms with Gasteiger partial charge in [0.05, 0.1) is 5.69 Å². The third-order valence-corrected chi connectivity index (χ3v) is 2.89. The van der Waals surface area contributed by atoms with Crippen molar-refractivity contribution in [2.45, 2.75) is 12.5 Å². The monoisotopic (exact) mass is 334 g/mol. The molecule has 0 fully saturated rings. The van der Waals surface area contributed by atoms with Crippen LogP contribution in [0.3, 0.4) is 0 Å². The number of carbonyl (C=O) groups excluding carboxylic acids is 1. The van der Waals surface area contributed by atoms with Gasteiger partial charge in [-0.05, 0) is 34.1 Å². The van der Waals surface area contributed by atoms with Gasteiger partial charge in [-0.3, -0.25) is 0 Å². The molecule has 1 aromatic carbocycles. The molecule has 0 bridgehead atoms. The SMILES string of the molecule is O=C(Nc1cc(F)ccc1Br)N[C@@H](CCO)C(=O)O. The summed E-state index contributed by atoms with van der Waals surface area (Å²) in [4.78, 5) is 22.3. The van der Waals surface area contributed by atoms with Gasteiger partial charge in [0.25, 0.3) is 0 Å². The first-order valence-electron chi connectivity index (χ1n) is 5.30. The first kappa shape index (κ1) is 15.4. The molecule has 4 N–H and O–H groups in total. The topological polar surface area (TPSA) is 98.7 Å². The number of carbonyl (C=O) groups is 2. The molecule has 0 saturated heterocycles. The highest BCUT2D eigenvalue weighted by molar-refractivity contribution is 9.10. The summed E-state index contributed by atoms with van der Waals surface area (Å²) in [5, 5.41) is 21.9. The van der Waals surface area contributed by atoms with Gasteiger partial charge in [-0.25, -0.2) is 14.0 Å². The summed E-state index contributed by atoms with van der Waals surface area (Å²) in [5.41, 5.74) is 0.172. The molecule has 1 aromatic rings. The fraction of sp³-hybridized carbons (Fsp3) is 0.273. The Hall–Kier alpha value is -1.67. The van der Waals surface area contributed by atoms with Crippen molar-refractivity contribution in [2.24, 2.45) is 0 Å². The second kappa shape index (κ2) is 7.05. The normalized spacial score (nSPS) is 11.7. The summed E-state index contributed by atoms with van der Waals surface area (Å²) in [5.74, 6) is -1.80. The molecule has 6 nitrogen and oxygen atoms in total. The first-order valence-corrected chi connectivity index (χ1v) is 6.09. The molecule has 0 spiro atoms. The third kappa shape index (κ3) is 4.84. The summed E-state index contributed by atoms with van der Waals surface area (Å²) < 4.78 is 13.4. The van der Waals surface area contributed by atoms with Gasteiger partial charge in [-0.1, -0.05) is 0 Å². The van der Waals surface area contributed by atoms with E-state index >= 15 is 0 Å². The van der Waals surface area contributed by atoms with Crippen molar-refractivity contribution in [2.75, 3.05) is 11.9 Å². The number of benzene rings is 1. The predicted octanol–water partition coefficient (Wildman–Crippen LogP) is 1.55. The number of nitrogens with one attached hydrogen (secondary N) is 2. The molecule has 0 aliphatic heterocycles. The molecular formula is C11H12BrFN2O4. The third-order valence-electron chi connectivity index (χ3n) is 2.20. The quantitative estimate of drug-likeness (QED) is 0.656. The molecule has 1 rings (SSSR count). The maximum atomic E-state index is 13.0. The lowest BCUT2D eigenvalue weighted by atomic mass is 10.2. The minimum absolute atomic E-state index is 0.118. The lowest BCUT2D eigenvalue weighted by Crippen LogP contribution is -2.43. The van der Waals surface area contributed by atoms with Crippen molar-refractivity contribution in [1.82, 2.24) is 5.32 Å². The summed E-state index contributed by atoms with van der Waals surface area (Å²) in [6.07, 6.45) is -0.118. The Balaban J connectivity index is 2.68. The highest BCUT2D eigenvalue weighted by Crippen LogP contribution is 2.22. The van der Waals surface area contributed by atoms with Crippen LogP contribution in [0, 0.1) is 5.82 Å². The molecule has 0 radical (unpaired) electrons. The summed E-state index contributed by atoms with van der Waals surface area (Å²) >= 11 is 3.12. The van der Waals surface area contributed by atoms with Crippen LogP contribution >= 0.6 is 15.9 Å². The van der Waals surface area contributed by atoms with E-state index in [4.69, 9.17) is 10.2 Å². The fourth-order valence-corrected chi connectivity index (χ4v) is 1.64. The van der Waals surface area contributed by atoms with Gasteiger partial charge < -0.3 is 20.8 Å². The van der Waals surface area contributed by atoms with Crippen LogP contribution in [0.25, 0.3) is 0 Å². The van der Waals surface area contributed by atoms with Gasteiger partial charge in [0.15, 0.2) is 0 Å². The molecule has 0 saturated carbocycles. The van der Waals surface area contributed by atoms with Crippen LogP contribution in [-0.4, -0.2) is 34.9 Å². The number of aliphatic hydroxyl groups excluding tert-OH is 1. The molecule has 19 heavy (non-hydrogen) atoms. The van der Waals surface area contributed by atoms with Crippen LogP contribution in [-0.2, 0) is 4.79 Å². The lowest BCUT2D eigenvalue weighted by Gasteiger charge is -2.14. The maximum Gasteiger partial charge on any atom is 0.326 e. The fourth-order valence-electron chi connectivity index (χ4n) is 1.30. The highest BCUT2D eigenvalue weighted by atomic mass is 79.9. The lowest BCUT2D eigenvalue weighted by molar-refractivity contribution is -0.139. The molecule has 0 aromatic heterocycles. The van der Waals surface area contributed by atoms with E-state index in [1.807, 2.05) is 0 Å². The molecule has 104 valence electrons. The number of carboxylic acid groups (broad SMARTS) is 1. The van der Waals surface area contributed by atoms with Crippen LogP contribution in [0.15, 0.2) is 22.7 Å². The molecule has 0 heterocycles. The zero-order valence-corrected chi connectivity index (χ0v) is 11.3. The Morgan fingerprint density at radius 3 is 2.68 bits per heavy atom. The average Bonchev–Trinajstić information content (AvgIpc) is 2.33. The smallest absolute Gasteiger partial charge is 0.326 e. The number of aliphatic carboxylic acids is 1. The highest BCUT2D eigenvalue weighted by Gasteiger charge is 2.19. The van der Waals surface area contributed by atoms with Gasteiger partial charge in [-0.2, -0.15) is 0 Å². The van der Waals surface area contributed by atoms with Crippen LogP contribution in [0.4, 0.5) is 14.9 Å². The minimum Gasteiger partial charge on any atom is -0.480 e. The second-order valence-corrected chi connectivity index (χ2v) is 4.48. The van der Waals surface area contributed by atoms with Gasteiger partial charge in [0.1, 0.15) is 11.9 Å². The van der Waals surface area contributed by atoms with E-state index < -0.39 is 23.9 Å². The molecule has 0 aliphatic rings. The minimum atomic E-state index is -1.26. The Morgan fingerprint density at radius 1 is 1.42 bits per heavy atom. The molecule has 0 unspecified atom stereocenters. The van der Waals surface area contributed by atoms with Gasteiger partial charge in [-0.15, -0.1) is 0 Å². The van der Waals surface area contributed by atoms with Gasteiger partial charge in [0.2, 0.25) is 0 Å². The Kier molecular flexibility index (Phi) is 5.71. The van der Waals surface area contributed by atoms with Crippen molar-refractivity contribution in [3.05, 3.63) is 28.5 Å². The average molecular weight is 335 g/mol. The van der Waals surface area contributed by atoms with E-state index in [1.54, 1.807) is 0 Å². The Labute approximate surface area is 116 Å². The van der Waals surface area contributed by atoms with E-state index in [-0.39, 0.29) is 18.7 Å². The zero-order chi connectivity index (χ0) is 14.4. The van der Waals surface area contributed by atoms with E-state index in [9.17, 15) is 14.0 Å². The Bertz CT molecular complexity index is 484. The number of hydrogen-bond donors (Lipinski definition) is 4. The number of aliphatic hydroxyl groups is 1. The summed E-state index contributed by atoms with van der Waals surface area (Å²) in [6.45, 7) is -0.374. The van der Waals surface area contributed by atoms with E-state index in [0.29, 0.717) is 4.47 Å². The Morgan fingerprint density at radius 2 is 2.11 bits per heavy atom. The number of rotatable bonds is 5. The van der Waals surface area contributed by atoms with Crippen LogP contribution in [0.5, 0.6) is 0 Å². The number of hydrogen-bond acceptors (Lipinski definition) is 3. The number of carboxylic acids is 1. The summed E-state index contributed by atoms with van der Waals surface area (Å²) in [7, 11) is 0. The first-order chi connectivity index (χ1) is 8.93. The van der Waals surface area contributed by atoms with Crippen LogP contribution < -0.4 is 10.6 Å². The van der Waals surface area contributed by atoms with Crippen molar-refractivity contribution < 1.29 is 24.2 Å². The zero-order valence-electron chi connectivity index (χ0n) is 9.69. The number of halogens is 2. The molecule has 1 atom stereocenters. The van der Waals surface area contributed by atoms with Gasteiger partial charge >= 0.3 is 12.0 Å². The van der Waals surface area contributed by atoms with Crippen molar-refractivity contribution in [3.8, 4) is 0 Å². The predicted molar refractivity (Wildman–Crippen MR) is 69.4 cm³/mol. The molecule has 0 aliphatic carbocycles.